The molecule has 1 fully saturated rings. The third-order valence-electron chi connectivity index (χ3n) is 6.35. The summed E-state index contributed by atoms with van der Waals surface area (Å²) in [5, 5.41) is 0. The van der Waals surface area contributed by atoms with Crippen molar-refractivity contribution in [1.29, 1.82) is 0 Å². The van der Waals surface area contributed by atoms with Gasteiger partial charge < -0.3 is 9.80 Å². The number of hydrogen-bond donors (Lipinski definition) is 0. The number of hydrogen-bond acceptors (Lipinski definition) is 3. The van der Waals surface area contributed by atoms with Crippen LogP contribution in [0.2, 0.25) is 0 Å². The van der Waals surface area contributed by atoms with Crippen molar-refractivity contribution >= 4 is 11.8 Å². The lowest BCUT2D eigenvalue weighted by Gasteiger charge is -2.42. The molecule has 0 atom stereocenters. The first-order valence-electron chi connectivity index (χ1n) is 11.0. The van der Waals surface area contributed by atoms with Crippen LogP contribution in [0.4, 0.5) is 0 Å². The Morgan fingerprint density at radius 1 is 0.938 bits per heavy atom. The molecule has 0 saturated carbocycles. The summed E-state index contributed by atoms with van der Waals surface area (Å²) in [5.41, 5.74) is 3.47. The number of likely N-dealkylation sites (tertiary alicyclic amines) is 1. The molecule has 32 heavy (non-hydrogen) atoms. The second-order valence-corrected chi connectivity index (χ2v) is 8.76. The molecule has 2 heterocycles. The zero-order chi connectivity index (χ0) is 22.6. The Labute approximate surface area is 189 Å². The lowest BCUT2D eigenvalue weighted by Crippen LogP contribution is -2.51. The predicted molar refractivity (Wildman–Crippen MR) is 126 cm³/mol. The zero-order valence-electron chi connectivity index (χ0n) is 18.7. The van der Waals surface area contributed by atoms with Gasteiger partial charge in [0.05, 0.1) is 5.41 Å². The van der Waals surface area contributed by atoms with E-state index in [1.54, 1.807) is 11.1 Å². The Morgan fingerprint density at radius 2 is 1.66 bits per heavy atom. The van der Waals surface area contributed by atoms with E-state index in [2.05, 4.69) is 23.2 Å². The van der Waals surface area contributed by atoms with Gasteiger partial charge in [-0.15, -0.1) is 0 Å². The Kier molecular flexibility index (Phi) is 6.35. The molecule has 5 heteroatoms. The number of rotatable bonds is 5. The normalized spacial score (nSPS) is 15.2. The van der Waals surface area contributed by atoms with Gasteiger partial charge in [-0.2, -0.15) is 0 Å². The number of carbonyl (C=O) groups is 2. The second kappa shape index (κ2) is 9.35. The molecule has 5 nitrogen and oxygen atoms in total. The predicted octanol–water partition coefficient (Wildman–Crippen LogP) is 4.30. The smallest absolute Gasteiger partial charge is 0.253 e. The van der Waals surface area contributed by atoms with Crippen molar-refractivity contribution < 1.29 is 9.59 Å². The fraction of sp³-hybridized carbons (Fsp3) is 0.296. The standard InChI is InChI=1S/C27H29N3O2/c1-29(2)26(32)27(13-16-30(17-14-27)25(31)22-9-4-3-5-10-22)19-21-8-6-11-23(18-21)24-12-7-15-28-20-24/h3-12,15,18,20H,13-14,16-17,19H2,1-2H3. The maximum absolute atomic E-state index is 13.3. The molecule has 0 unspecified atom stereocenters. The number of pyridine rings is 1. The van der Waals surface area contributed by atoms with Crippen LogP contribution in [-0.4, -0.2) is 53.8 Å². The van der Waals surface area contributed by atoms with Crippen molar-refractivity contribution in [3.63, 3.8) is 0 Å². The van der Waals surface area contributed by atoms with Crippen molar-refractivity contribution in [3.05, 3.63) is 90.3 Å². The molecular weight excluding hydrogens is 398 g/mol. The molecule has 1 aliphatic heterocycles. The lowest BCUT2D eigenvalue weighted by atomic mass is 9.72. The summed E-state index contributed by atoms with van der Waals surface area (Å²) in [4.78, 5) is 34.0. The van der Waals surface area contributed by atoms with Crippen LogP contribution in [0, 0.1) is 5.41 Å². The molecule has 1 aromatic heterocycles. The molecule has 0 radical (unpaired) electrons. The summed E-state index contributed by atoms with van der Waals surface area (Å²) in [5.74, 6) is 0.172. The Morgan fingerprint density at radius 3 is 2.31 bits per heavy atom. The highest BCUT2D eigenvalue weighted by Gasteiger charge is 2.43. The molecule has 0 spiro atoms. The molecule has 0 aliphatic carbocycles. The summed E-state index contributed by atoms with van der Waals surface area (Å²) in [6.45, 7) is 1.16. The van der Waals surface area contributed by atoms with Crippen LogP contribution >= 0.6 is 0 Å². The van der Waals surface area contributed by atoms with Crippen molar-refractivity contribution in [1.82, 2.24) is 14.8 Å². The van der Waals surface area contributed by atoms with Crippen LogP contribution in [0.1, 0.15) is 28.8 Å². The summed E-state index contributed by atoms with van der Waals surface area (Å²) >= 11 is 0. The number of carbonyl (C=O) groups excluding carboxylic acids is 2. The first-order chi connectivity index (χ1) is 15.5. The molecule has 4 rings (SSSR count). The van der Waals surface area contributed by atoms with Gasteiger partial charge in [0.2, 0.25) is 5.91 Å². The summed E-state index contributed by atoms with van der Waals surface area (Å²) in [7, 11) is 3.63. The van der Waals surface area contributed by atoms with Gasteiger partial charge in [0.25, 0.3) is 5.91 Å². The third kappa shape index (κ3) is 4.57. The number of aromatic nitrogens is 1. The number of nitrogens with zero attached hydrogens (tertiary/aromatic N) is 3. The maximum Gasteiger partial charge on any atom is 0.253 e. The molecule has 0 bridgehead atoms. The zero-order valence-corrected chi connectivity index (χ0v) is 18.7. The van der Waals surface area contributed by atoms with E-state index >= 15 is 0 Å². The minimum atomic E-state index is -0.509. The second-order valence-electron chi connectivity index (χ2n) is 8.76. The van der Waals surface area contributed by atoms with E-state index in [0.717, 1.165) is 16.7 Å². The summed E-state index contributed by atoms with van der Waals surface area (Å²) in [6, 6.07) is 21.7. The number of amides is 2. The Balaban J connectivity index is 1.55. The van der Waals surface area contributed by atoms with Crippen LogP contribution in [0.25, 0.3) is 11.1 Å². The van der Waals surface area contributed by atoms with Crippen molar-refractivity contribution in [2.24, 2.45) is 5.41 Å². The average molecular weight is 428 g/mol. The summed E-state index contributed by atoms with van der Waals surface area (Å²) < 4.78 is 0. The molecule has 3 aromatic rings. The van der Waals surface area contributed by atoms with Gasteiger partial charge in [-0.1, -0.05) is 48.5 Å². The maximum atomic E-state index is 13.3. The Hall–Kier alpha value is -3.47. The van der Waals surface area contributed by atoms with Crippen molar-refractivity contribution in [3.8, 4) is 11.1 Å². The minimum Gasteiger partial charge on any atom is -0.348 e. The number of piperidine rings is 1. The monoisotopic (exact) mass is 427 g/mol. The van der Waals surface area contributed by atoms with Crippen LogP contribution in [-0.2, 0) is 11.2 Å². The largest absolute Gasteiger partial charge is 0.348 e. The lowest BCUT2D eigenvalue weighted by molar-refractivity contribution is -0.142. The van der Waals surface area contributed by atoms with Crippen LogP contribution in [0.15, 0.2) is 79.1 Å². The quantitative estimate of drug-likeness (QED) is 0.610. The van der Waals surface area contributed by atoms with E-state index in [9.17, 15) is 9.59 Å². The van der Waals surface area contributed by atoms with Gasteiger partial charge in [-0.3, -0.25) is 14.6 Å². The van der Waals surface area contributed by atoms with E-state index in [1.165, 1.54) is 0 Å². The highest BCUT2D eigenvalue weighted by atomic mass is 16.2. The van der Waals surface area contributed by atoms with E-state index in [1.807, 2.05) is 73.7 Å². The van der Waals surface area contributed by atoms with Crippen molar-refractivity contribution in [2.45, 2.75) is 19.3 Å². The Bertz CT molecular complexity index is 1070. The molecule has 164 valence electrons. The topological polar surface area (TPSA) is 53.5 Å². The number of benzene rings is 2. The third-order valence-corrected chi connectivity index (χ3v) is 6.35. The van der Waals surface area contributed by atoms with Crippen LogP contribution in [0.3, 0.4) is 0 Å². The minimum absolute atomic E-state index is 0.0371. The van der Waals surface area contributed by atoms with Gasteiger partial charge in [-0.05, 0) is 54.2 Å². The molecule has 2 aromatic carbocycles. The van der Waals surface area contributed by atoms with Gasteiger partial charge >= 0.3 is 0 Å². The van der Waals surface area contributed by atoms with Gasteiger partial charge in [0.1, 0.15) is 0 Å². The van der Waals surface area contributed by atoms with E-state index in [-0.39, 0.29) is 11.8 Å². The van der Waals surface area contributed by atoms with E-state index < -0.39 is 5.41 Å². The highest BCUT2D eigenvalue weighted by molar-refractivity contribution is 5.94. The van der Waals surface area contributed by atoms with Gasteiger partial charge in [0, 0.05) is 45.1 Å². The molecule has 1 saturated heterocycles. The SMILES string of the molecule is CN(C)C(=O)C1(Cc2cccc(-c3cccnc3)c2)CCN(C(=O)c2ccccc2)CC1. The van der Waals surface area contributed by atoms with Gasteiger partial charge in [0.15, 0.2) is 0 Å². The van der Waals surface area contributed by atoms with E-state index in [0.29, 0.717) is 37.9 Å². The summed E-state index contributed by atoms with van der Waals surface area (Å²) in [6.07, 6.45) is 5.58. The highest BCUT2D eigenvalue weighted by Crippen LogP contribution is 2.38. The molecule has 1 aliphatic rings. The fourth-order valence-electron chi connectivity index (χ4n) is 4.63. The first-order valence-corrected chi connectivity index (χ1v) is 11.0. The fourth-order valence-corrected chi connectivity index (χ4v) is 4.63. The van der Waals surface area contributed by atoms with Crippen LogP contribution in [0.5, 0.6) is 0 Å². The molecule has 0 N–H and O–H groups in total. The van der Waals surface area contributed by atoms with Gasteiger partial charge in [-0.25, -0.2) is 0 Å². The first kappa shape index (κ1) is 21.8. The molecule has 2 amide bonds. The van der Waals surface area contributed by atoms with E-state index in [4.69, 9.17) is 0 Å². The molecular formula is C27H29N3O2. The average Bonchev–Trinajstić information content (AvgIpc) is 2.85. The van der Waals surface area contributed by atoms with Crippen molar-refractivity contribution in [2.75, 3.05) is 27.2 Å². The van der Waals surface area contributed by atoms with Crippen LogP contribution < -0.4 is 0 Å².